The molecule has 0 bridgehead atoms. The molecule has 0 unspecified atom stereocenters. The van der Waals surface area contributed by atoms with Gasteiger partial charge in [-0.25, -0.2) is 0 Å². The summed E-state index contributed by atoms with van der Waals surface area (Å²) in [5.41, 5.74) is 0. The van der Waals surface area contributed by atoms with Crippen LogP contribution in [0.25, 0.3) is 0 Å². The van der Waals surface area contributed by atoms with E-state index in [4.69, 9.17) is 0 Å². The fraction of sp³-hybridized carbons (Fsp3) is 0.750. The zero-order chi connectivity index (χ0) is 5.28. The molecule has 0 saturated carbocycles. The molecule has 3 heteroatoms. The van der Waals surface area contributed by atoms with Crippen molar-refractivity contribution in [3.63, 3.8) is 0 Å². The van der Waals surface area contributed by atoms with E-state index >= 15 is 0 Å². The first kappa shape index (κ1) is 4.97. The fourth-order valence-corrected chi connectivity index (χ4v) is 1.25. The molecule has 40 valence electrons. The van der Waals surface area contributed by atoms with E-state index in [9.17, 15) is 4.79 Å². The Bertz CT molecular complexity index is 93.7. The van der Waals surface area contributed by atoms with Gasteiger partial charge in [0.2, 0.25) is 0 Å². The second-order valence-electron chi connectivity index (χ2n) is 1.64. The predicted molar refractivity (Wildman–Crippen MR) is 30.5 cm³/mol. The Hall–Kier alpha value is -0.180. The minimum Gasteiger partial charge on any atom is -0.344 e. The van der Waals surface area contributed by atoms with Crippen LogP contribution in [0.3, 0.4) is 0 Å². The molecule has 1 rings (SSSR count). The summed E-state index contributed by atoms with van der Waals surface area (Å²) < 4.78 is 0. The van der Waals surface area contributed by atoms with E-state index < -0.39 is 0 Å². The molecule has 0 aromatic heterocycles. The van der Waals surface area contributed by atoms with Crippen molar-refractivity contribution >= 4 is 17.0 Å². The molecule has 1 atom stereocenters. The lowest BCUT2D eigenvalue weighted by Crippen LogP contribution is -2.21. The van der Waals surface area contributed by atoms with Crippen LogP contribution in [-0.4, -0.2) is 17.0 Å². The highest BCUT2D eigenvalue weighted by atomic mass is 32.2. The molecule has 1 amide bonds. The Kier molecular flexibility index (Phi) is 1.23. The molecule has 1 fully saturated rings. The van der Waals surface area contributed by atoms with Gasteiger partial charge < -0.3 is 5.32 Å². The molecular formula is C4H7NOS. The van der Waals surface area contributed by atoms with Crippen molar-refractivity contribution in [1.29, 1.82) is 0 Å². The zero-order valence-corrected chi connectivity index (χ0v) is 4.92. The van der Waals surface area contributed by atoms with Crippen molar-refractivity contribution in [3.05, 3.63) is 0 Å². The molecule has 0 aromatic rings. The first-order valence-corrected chi connectivity index (χ1v) is 3.21. The van der Waals surface area contributed by atoms with Gasteiger partial charge in [-0.3, -0.25) is 4.79 Å². The largest absolute Gasteiger partial charge is 0.344 e. The third-order valence-electron chi connectivity index (χ3n) is 0.829. The van der Waals surface area contributed by atoms with Gasteiger partial charge in [-0.2, -0.15) is 0 Å². The fourth-order valence-electron chi connectivity index (χ4n) is 0.485. The van der Waals surface area contributed by atoms with Gasteiger partial charge in [0, 0.05) is 11.8 Å². The van der Waals surface area contributed by atoms with E-state index in [0.29, 0.717) is 6.04 Å². The highest BCUT2D eigenvalue weighted by Gasteiger charge is 2.15. The van der Waals surface area contributed by atoms with Gasteiger partial charge >= 0.3 is 0 Å². The minimum absolute atomic E-state index is 0.118. The summed E-state index contributed by atoms with van der Waals surface area (Å²) in [6.07, 6.45) is 0. The van der Waals surface area contributed by atoms with Crippen molar-refractivity contribution in [2.24, 2.45) is 0 Å². The number of rotatable bonds is 0. The monoisotopic (exact) mass is 117 g/mol. The molecule has 0 radical (unpaired) electrons. The number of amides is 1. The van der Waals surface area contributed by atoms with Crippen LogP contribution < -0.4 is 5.32 Å². The molecule has 0 spiro atoms. The summed E-state index contributed by atoms with van der Waals surface area (Å²) in [6.45, 7) is 2.00. The number of nitrogens with one attached hydrogen (secondary N) is 1. The van der Waals surface area contributed by atoms with E-state index in [1.165, 1.54) is 11.8 Å². The molecule has 2 nitrogen and oxygen atoms in total. The molecule has 1 aliphatic heterocycles. The summed E-state index contributed by atoms with van der Waals surface area (Å²) in [7, 11) is 0. The minimum atomic E-state index is 0.118. The number of thioether (sulfide) groups is 1. The van der Waals surface area contributed by atoms with Crippen LogP contribution >= 0.6 is 11.8 Å². The quantitative estimate of drug-likeness (QED) is 0.509. The van der Waals surface area contributed by atoms with Gasteiger partial charge in [-0.15, -0.1) is 0 Å². The van der Waals surface area contributed by atoms with E-state index in [2.05, 4.69) is 5.32 Å². The lowest BCUT2D eigenvalue weighted by molar-refractivity contribution is 0.260. The van der Waals surface area contributed by atoms with E-state index in [0.717, 1.165) is 5.75 Å². The standard InChI is InChI=1S/C4H7NOS/c1-3-2-7-4(6)5-3/h3H,2H2,1H3,(H,5,6)/t3-/m0/s1. The van der Waals surface area contributed by atoms with Gasteiger partial charge in [-0.1, -0.05) is 11.8 Å². The Morgan fingerprint density at radius 1 is 2.00 bits per heavy atom. The van der Waals surface area contributed by atoms with Gasteiger partial charge in [0.05, 0.1) is 0 Å². The van der Waals surface area contributed by atoms with Crippen molar-refractivity contribution in [2.75, 3.05) is 5.75 Å². The Morgan fingerprint density at radius 2 is 2.71 bits per heavy atom. The lowest BCUT2D eigenvalue weighted by atomic mass is 10.4. The van der Waals surface area contributed by atoms with Crippen LogP contribution in [0.5, 0.6) is 0 Å². The maximum absolute atomic E-state index is 10.3. The van der Waals surface area contributed by atoms with Crippen LogP contribution in [0.1, 0.15) is 6.92 Å². The van der Waals surface area contributed by atoms with E-state index in [1.54, 1.807) is 0 Å². The normalized spacial score (nSPS) is 30.4. The van der Waals surface area contributed by atoms with Crippen molar-refractivity contribution in [2.45, 2.75) is 13.0 Å². The highest BCUT2D eigenvalue weighted by Crippen LogP contribution is 2.11. The van der Waals surface area contributed by atoms with Crippen molar-refractivity contribution in [1.82, 2.24) is 5.32 Å². The molecule has 1 aliphatic rings. The van der Waals surface area contributed by atoms with Crippen LogP contribution in [0.15, 0.2) is 0 Å². The second kappa shape index (κ2) is 1.74. The predicted octanol–water partition coefficient (Wildman–Crippen LogP) is 0.831. The number of carbonyl (C=O) groups excluding carboxylic acids is 1. The van der Waals surface area contributed by atoms with E-state index in [1.807, 2.05) is 6.92 Å². The smallest absolute Gasteiger partial charge is 0.279 e. The van der Waals surface area contributed by atoms with Gasteiger partial charge in [0.25, 0.3) is 5.24 Å². The zero-order valence-electron chi connectivity index (χ0n) is 4.10. The second-order valence-corrected chi connectivity index (χ2v) is 2.64. The van der Waals surface area contributed by atoms with E-state index in [-0.39, 0.29) is 5.24 Å². The van der Waals surface area contributed by atoms with Gasteiger partial charge in [-0.05, 0) is 6.92 Å². The average molecular weight is 117 g/mol. The summed E-state index contributed by atoms with van der Waals surface area (Å²) in [5, 5.41) is 2.86. The summed E-state index contributed by atoms with van der Waals surface area (Å²) in [6, 6.07) is 0.387. The Balaban J connectivity index is 2.40. The summed E-state index contributed by atoms with van der Waals surface area (Å²) >= 11 is 1.36. The number of hydrogen-bond donors (Lipinski definition) is 1. The molecule has 7 heavy (non-hydrogen) atoms. The van der Waals surface area contributed by atoms with Crippen LogP contribution in [-0.2, 0) is 0 Å². The molecule has 1 heterocycles. The molecule has 0 aliphatic carbocycles. The van der Waals surface area contributed by atoms with Crippen molar-refractivity contribution in [3.8, 4) is 0 Å². The van der Waals surface area contributed by atoms with Crippen LogP contribution in [0.4, 0.5) is 4.79 Å². The first-order chi connectivity index (χ1) is 3.29. The maximum Gasteiger partial charge on any atom is 0.279 e. The van der Waals surface area contributed by atoms with Crippen LogP contribution in [0.2, 0.25) is 0 Å². The number of carbonyl (C=O) groups is 1. The van der Waals surface area contributed by atoms with Gasteiger partial charge in [0.1, 0.15) is 0 Å². The molecule has 1 N–H and O–H groups in total. The molecule has 1 saturated heterocycles. The summed E-state index contributed by atoms with van der Waals surface area (Å²) in [5.74, 6) is 0.929. The third kappa shape index (κ3) is 1.09. The first-order valence-electron chi connectivity index (χ1n) is 2.22. The topological polar surface area (TPSA) is 29.1 Å². The molecular weight excluding hydrogens is 110 g/mol. The number of hydrogen-bond acceptors (Lipinski definition) is 2. The Labute approximate surface area is 46.7 Å². The third-order valence-corrected chi connectivity index (χ3v) is 1.88. The average Bonchev–Trinajstić information content (AvgIpc) is 1.87. The lowest BCUT2D eigenvalue weighted by Gasteiger charge is -1.94. The SMILES string of the molecule is C[C@H]1CSC(=O)N1. The van der Waals surface area contributed by atoms with Crippen LogP contribution in [0, 0.1) is 0 Å². The molecule has 0 aromatic carbocycles. The Morgan fingerprint density at radius 3 is 2.86 bits per heavy atom. The van der Waals surface area contributed by atoms with Crippen molar-refractivity contribution < 1.29 is 4.79 Å². The van der Waals surface area contributed by atoms with Gasteiger partial charge in [0.15, 0.2) is 0 Å². The summed E-state index contributed by atoms with van der Waals surface area (Å²) in [4.78, 5) is 10.3. The highest BCUT2D eigenvalue weighted by molar-refractivity contribution is 8.13. The maximum atomic E-state index is 10.3.